The average molecular weight is 315 g/mol. The van der Waals surface area contributed by atoms with Crippen LogP contribution in [0.1, 0.15) is 101 Å². The van der Waals surface area contributed by atoms with E-state index in [9.17, 15) is 5.11 Å². The van der Waals surface area contributed by atoms with Crippen molar-refractivity contribution < 1.29 is 5.11 Å². The van der Waals surface area contributed by atoms with Crippen molar-refractivity contribution in [3.63, 3.8) is 0 Å². The van der Waals surface area contributed by atoms with Crippen LogP contribution in [0.2, 0.25) is 0 Å². The molecule has 2 aliphatic rings. The summed E-state index contributed by atoms with van der Waals surface area (Å²) in [5.74, 6) is 1.73. The topological polar surface area (TPSA) is 20.2 Å². The lowest BCUT2D eigenvalue weighted by molar-refractivity contribution is -0.000645. The number of rotatable bonds is 5. The molecule has 0 unspecified atom stereocenters. The zero-order valence-corrected chi connectivity index (χ0v) is 14.9. The first-order valence-electron chi connectivity index (χ1n) is 10.0. The van der Waals surface area contributed by atoms with Crippen molar-refractivity contribution in [1.82, 2.24) is 0 Å². The van der Waals surface area contributed by atoms with E-state index in [1.54, 1.807) is 0 Å². The Hall–Kier alpha value is -0.820. The molecule has 1 nitrogen and oxygen atoms in total. The lowest BCUT2D eigenvalue weighted by Crippen LogP contribution is -2.28. The molecule has 0 bridgehead atoms. The minimum absolute atomic E-state index is 0.547. The van der Waals surface area contributed by atoms with Crippen molar-refractivity contribution in [2.75, 3.05) is 0 Å². The summed E-state index contributed by atoms with van der Waals surface area (Å²) < 4.78 is 0. The summed E-state index contributed by atoms with van der Waals surface area (Å²) in [5, 5.41) is 10.9. The van der Waals surface area contributed by atoms with E-state index in [2.05, 4.69) is 31.2 Å². The molecular formula is C22H34O. The first-order chi connectivity index (χ1) is 11.2. The predicted molar refractivity (Wildman–Crippen MR) is 97.6 cm³/mol. The highest BCUT2D eigenvalue weighted by molar-refractivity contribution is 5.29. The van der Waals surface area contributed by atoms with Gasteiger partial charge in [0.05, 0.1) is 5.60 Å². The standard InChI is InChI=1S/C22H34O/c1-2-3-7-18-8-10-19(11-9-18)20-12-14-21(15-13-20)22(23)16-5-4-6-17-22/h12-15,18-19,23H,2-11,16-17H2,1H3. The summed E-state index contributed by atoms with van der Waals surface area (Å²) in [6.45, 7) is 2.30. The van der Waals surface area contributed by atoms with Gasteiger partial charge in [0.25, 0.3) is 0 Å². The molecular weight excluding hydrogens is 280 g/mol. The summed E-state index contributed by atoms with van der Waals surface area (Å²) in [7, 11) is 0. The summed E-state index contributed by atoms with van der Waals surface area (Å²) in [6.07, 6.45) is 15.2. The normalized spacial score (nSPS) is 27.7. The minimum atomic E-state index is -0.547. The van der Waals surface area contributed by atoms with E-state index in [0.29, 0.717) is 0 Å². The Morgan fingerprint density at radius 3 is 2.22 bits per heavy atom. The van der Waals surface area contributed by atoms with Crippen molar-refractivity contribution >= 4 is 0 Å². The molecule has 0 spiro atoms. The quantitative estimate of drug-likeness (QED) is 0.676. The molecule has 1 heteroatoms. The SMILES string of the molecule is CCCCC1CCC(c2ccc(C3(O)CCCCC3)cc2)CC1. The van der Waals surface area contributed by atoms with Crippen LogP contribution >= 0.6 is 0 Å². The molecule has 1 aromatic carbocycles. The maximum absolute atomic E-state index is 10.9. The molecule has 1 aromatic rings. The predicted octanol–water partition coefficient (Wildman–Crippen LogP) is 6.30. The van der Waals surface area contributed by atoms with Gasteiger partial charge < -0.3 is 5.11 Å². The maximum Gasteiger partial charge on any atom is 0.0896 e. The second-order valence-electron chi connectivity index (χ2n) is 8.07. The lowest BCUT2D eigenvalue weighted by atomic mass is 9.76. The fourth-order valence-electron chi connectivity index (χ4n) is 4.77. The van der Waals surface area contributed by atoms with Crippen LogP contribution in [0.15, 0.2) is 24.3 Å². The molecule has 0 saturated heterocycles. The maximum atomic E-state index is 10.9. The molecule has 0 atom stereocenters. The van der Waals surface area contributed by atoms with E-state index >= 15 is 0 Å². The van der Waals surface area contributed by atoms with E-state index in [0.717, 1.165) is 30.2 Å². The van der Waals surface area contributed by atoms with E-state index in [-0.39, 0.29) is 0 Å². The van der Waals surface area contributed by atoms with Crippen molar-refractivity contribution in [2.45, 2.75) is 95.5 Å². The zero-order valence-electron chi connectivity index (χ0n) is 14.9. The first kappa shape index (κ1) is 17.0. The largest absolute Gasteiger partial charge is 0.385 e. The van der Waals surface area contributed by atoms with Gasteiger partial charge in [-0.1, -0.05) is 69.7 Å². The van der Waals surface area contributed by atoms with Crippen molar-refractivity contribution in [2.24, 2.45) is 5.92 Å². The minimum Gasteiger partial charge on any atom is -0.385 e. The Morgan fingerprint density at radius 1 is 0.957 bits per heavy atom. The van der Waals surface area contributed by atoms with Gasteiger partial charge in [-0.2, -0.15) is 0 Å². The fraction of sp³-hybridized carbons (Fsp3) is 0.727. The first-order valence-corrected chi connectivity index (χ1v) is 10.0. The van der Waals surface area contributed by atoms with Gasteiger partial charge in [0, 0.05) is 0 Å². The number of hydrogen-bond donors (Lipinski definition) is 1. The molecule has 1 N–H and O–H groups in total. The molecule has 2 fully saturated rings. The van der Waals surface area contributed by atoms with Crippen molar-refractivity contribution in [1.29, 1.82) is 0 Å². The fourth-order valence-corrected chi connectivity index (χ4v) is 4.77. The van der Waals surface area contributed by atoms with Crippen molar-refractivity contribution in [3.05, 3.63) is 35.4 Å². The lowest BCUT2D eigenvalue weighted by Gasteiger charge is -2.33. The molecule has 2 aliphatic carbocycles. The van der Waals surface area contributed by atoms with Gasteiger partial charge in [-0.15, -0.1) is 0 Å². The van der Waals surface area contributed by atoms with Crippen LogP contribution in [0.4, 0.5) is 0 Å². The van der Waals surface area contributed by atoms with Crippen LogP contribution in [0.5, 0.6) is 0 Å². The number of aliphatic hydroxyl groups is 1. The van der Waals surface area contributed by atoms with Crippen LogP contribution in [0.3, 0.4) is 0 Å². The highest BCUT2D eigenvalue weighted by Crippen LogP contribution is 2.40. The zero-order chi connectivity index (χ0) is 16.1. The van der Waals surface area contributed by atoms with Crippen LogP contribution in [-0.2, 0) is 5.60 Å². The van der Waals surface area contributed by atoms with Gasteiger partial charge >= 0.3 is 0 Å². The number of hydrogen-bond acceptors (Lipinski definition) is 1. The molecule has 128 valence electrons. The highest BCUT2D eigenvalue weighted by atomic mass is 16.3. The Morgan fingerprint density at radius 2 is 1.61 bits per heavy atom. The Kier molecular flexibility index (Phi) is 5.80. The van der Waals surface area contributed by atoms with Gasteiger partial charge in [0.1, 0.15) is 0 Å². The van der Waals surface area contributed by atoms with E-state index in [1.165, 1.54) is 69.8 Å². The van der Waals surface area contributed by atoms with E-state index in [1.807, 2.05) is 0 Å². The van der Waals surface area contributed by atoms with Crippen LogP contribution in [0, 0.1) is 5.92 Å². The molecule has 0 radical (unpaired) electrons. The van der Waals surface area contributed by atoms with Crippen LogP contribution in [-0.4, -0.2) is 5.11 Å². The summed E-state index contributed by atoms with van der Waals surface area (Å²) in [5.41, 5.74) is 2.11. The monoisotopic (exact) mass is 314 g/mol. The number of benzene rings is 1. The Bertz CT molecular complexity index is 461. The Balaban J connectivity index is 1.58. The van der Waals surface area contributed by atoms with Crippen molar-refractivity contribution in [3.8, 4) is 0 Å². The van der Waals surface area contributed by atoms with E-state index in [4.69, 9.17) is 0 Å². The van der Waals surface area contributed by atoms with Crippen LogP contribution in [0.25, 0.3) is 0 Å². The van der Waals surface area contributed by atoms with Gasteiger partial charge in [0.15, 0.2) is 0 Å². The summed E-state index contributed by atoms with van der Waals surface area (Å²) in [4.78, 5) is 0. The Labute approximate surface area is 142 Å². The molecule has 0 heterocycles. The molecule has 3 rings (SSSR count). The summed E-state index contributed by atoms with van der Waals surface area (Å²) >= 11 is 0. The highest BCUT2D eigenvalue weighted by Gasteiger charge is 2.31. The van der Waals surface area contributed by atoms with Gasteiger partial charge in [-0.25, -0.2) is 0 Å². The molecule has 0 aliphatic heterocycles. The molecule has 2 saturated carbocycles. The third kappa shape index (κ3) is 4.18. The molecule has 0 aromatic heterocycles. The van der Waals surface area contributed by atoms with Gasteiger partial charge in [-0.3, -0.25) is 0 Å². The molecule has 0 amide bonds. The summed E-state index contributed by atoms with van der Waals surface area (Å²) in [6, 6.07) is 9.03. The molecule has 23 heavy (non-hydrogen) atoms. The average Bonchev–Trinajstić information content (AvgIpc) is 2.61. The number of unbranched alkanes of at least 4 members (excludes halogenated alkanes) is 1. The third-order valence-electron chi connectivity index (χ3n) is 6.41. The third-order valence-corrected chi connectivity index (χ3v) is 6.41. The second-order valence-corrected chi connectivity index (χ2v) is 8.07. The van der Waals surface area contributed by atoms with Crippen LogP contribution < -0.4 is 0 Å². The van der Waals surface area contributed by atoms with E-state index < -0.39 is 5.60 Å². The van der Waals surface area contributed by atoms with Gasteiger partial charge in [0.2, 0.25) is 0 Å². The second kappa shape index (κ2) is 7.83. The van der Waals surface area contributed by atoms with Gasteiger partial charge in [-0.05, 0) is 61.5 Å². The smallest absolute Gasteiger partial charge is 0.0896 e.